The number of imide groups is 2. The minimum atomic E-state index is -1.02. The highest BCUT2D eigenvalue weighted by Gasteiger charge is 2.67. The third-order valence-corrected chi connectivity index (χ3v) is 13.9. The number of nitriles is 1. The van der Waals surface area contributed by atoms with Crippen molar-refractivity contribution >= 4 is 47.0 Å². The molecule has 2 aliphatic carbocycles. The van der Waals surface area contributed by atoms with Crippen molar-refractivity contribution in [2.75, 3.05) is 0 Å². The second-order valence-electron chi connectivity index (χ2n) is 18.2. The molecule has 2 saturated carbocycles. The van der Waals surface area contributed by atoms with Crippen molar-refractivity contribution in [1.82, 2.24) is 20.0 Å². The maximum atomic E-state index is 13.8. The van der Waals surface area contributed by atoms with E-state index < -0.39 is 29.7 Å². The first-order chi connectivity index (χ1) is 28.6. The van der Waals surface area contributed by atoms with E-state index >= 15 is 0 Å². The van der Waals surface area contributed by atoms with Crippen molar-refractivity contribution in [3.8, 4) is 23.7 Å². The highest BCUT2D eigenvalue weighted by molar-refractivity contribution is 6.31. The lowest BCUT2D eigenvalue weighted by molar-refractivity contribution is -0.199. The maximum absolute atomic E-state index is 13.8. The number of carbonyl (C=O) groups excluding carboxylic acids is 6. The van der Waals surface area contributed by atoms with Gasteiger partial charge in [-0.05, 0) is 91.3 Å². The molecule has 6 amide bonds. The number of piperidine rings is 1. The zero-order valence-corrected chi connectivity index (χ0v) is 34.7. The molecule has 6 aliphatic rings. The number of benzene rings is 3. The molecule has 1 atom stereocenters. The number of ether oxygens (including phenoxy) is 1. The van der Waals surface area contributed by atoms with Crippen LogP contribution in [0.1, 0.15) is 125 Å². The molecule has 13 heteroatoms. The fraction of sp³-hybridized carbons (Fsp3) is 0.426. The van der Waals surface area contributed by atoms with Crippen LogP contribution in [0, 0.1) is 45.8 Å². The Morgan fingerprint density at radius 2 is 1.47 bits per heavy atom. The normalized spacial score (nSPS) is 26.0. The molecule has 3 aromatic carbocycles. The van der Waals surface area contributed by atoms with E-state index in [0.717, 1.165) is 40.0 Å². The number of nitrogens with one attached hydrogen (secondary N) is 1. The second kappa shape index (κ2) is 14.3. The molecule has 9 rings (SSSR count). The Bertz CT molecular complexity index is 2490. The van der Waals surface area contributed by atoms with Crippen LogP contribution in [0.3, 0.4) is 0 Å². The number of rotatable bonds is 5. The van der Waals surface area contributed by atoms with Gasteiger partial charge in [0.25, 0.3) is 17.7 Å². The molecule has 4 heterocycles. The Morgan fingerprint density at radius 3 is 2.08 bits per heavy atom. The fourth-order valence-electron chi connectivity index (χ4n) is 11.1. The first-order valence-corrected chi connectivity index (χ1v) is 20.9. The molecular weight excluding hydrogens is 782 g/mol. The van der Waals surface area contributed by atoms with Crippen molar-refractivity contribution in [3.63, 3.8) is 0 Å². The van der Waals surface area contributed by atoms with Gasteiger partial charge in [0.1, 0.15) is 24.0 Å². The highest BCUT2D eigenvalue weighted by Crippen LogP contribution is 2.59. The predicted molar refractivity (Wildman–Crippen MR) is 218 cm³/mol. The van der Waals surface area contributed by atoms with E-state index in [-0.39, 0.29) is 70.6 Å². The van der Waals surface area contributed by atoms with Gasteiger partial charge in [-0.3, -0.25) is 39.0 Å². The second-order valence-corrected chi connectivity index (χ2v) is 18.6. The number of fused-ring (bicyclic) bond motifs is 3. The fourth-order valence-corrected chi connectivity index (χ4v) is 11.3. The van der Waals surface area contributed by atoms with Crippen molar-refractivity contribution in [1.29, 1.82) is 5.26 Å². The summed E-state index contributed by atoms with van der Waals surface area (Å²) < 4.78 is 6.47. The summed E-state index contributed by atoms with van der Waals surface area (Å²) in [4.78, 5) is 83.0. The van der Waals surface area contributed by atoms with Crippen LogP contribution >= 0.6 is 11.6 Å². The Kier molecular flexibility index (Phi) is 9.44. The van der Waals surface area contributed by atoms with E-state index in [9.17, 15) is 34.0 Å². The minimum absolute atomic E-state index is 0.00196. The molecule has 306 valence electrons. The summed E-state index contributed by atoms with van der Waals surface area (Å²) in [5.41, 5.74) is 4.23. The molecule has 0 radical (unpaired) electrons. The molecule has 60 heavy (non-hydrogen) atoms. The minimum Gasteiger partial charge on any atom is -0.489 e. The van der Waals surface area contributed by atoms with Crippen LogP contribution in [0.2, 0.25) is 5.02 Å². The van der Waals surface area contributed by atoms with Gasteiger partial charge in [-0.2, -0.15) is 5.26 Å². The SMILES string of the molecule is CC1(C)C(Oc2ccc(C#N)c(Cl)c2)C(C)(C)C1N1Cc2cc(C#CC3CCC(C(=O)N4Cc5cc6c(cc5C4)C(=O)N(C4CCC(=O)NC4=O)C6=O)CC3)ccc2C1=O. The number of hydrogen-bond acceptors (Lipinski definition) is 8. The number of amides is 6. The Labute approximate surface area is 353 Å². The lowest BCUT2D eigenvalue weighted by Crippen LogP contribution is -2.74. The lowest BCUT2D eigenvalue weighted by atomic mass is 9.49. The van der Waals surface area contributed by atoms with Gasteiger partial charge >= 0.3 is 0 Å². The van der Waals surface area contributed by atoms with Gasteiger partial charge in [-0.15, -0.1) is 0 Å². The topological polar surface area (TPSA) is 157 Å². The third kappa shape index (κ3) is 6.35. The van der Waals surface area contributed by atoms with Gasteiger partial charge in [0, 0.05) is 72.0 Å². The largest absolute Gasteiger partial charge is 0.489 e. The summed E-state index contributed by atoms with van der Waals surface area (Å²) >= 11 is 6.29. The molecule has 3 aromatic rings. The van der Waals surface area contributed by atoms with Crippen LogP contribution in [-0.4, -0.2) is 68.3 Å². The first-order valence-electron chi connectivity index (χ1n) is 20.5. The molecule has 0 spiro atoms. The summed E-state index contributed by atoms with van der Waals surface area (Å²) in [6.45, 7) is 9.66. The predicted octanol–water partition coefficient (Wildman–Crippen LogP) is 6.15. The van der Waals surface area contributed by atoms with E-state index in [2.05, 4.69) is 50.9 Å². The van der Waals surface area contributed by atoms with Crippen LogP contribution in [0.25, 0.3) is 0 Å². The zero-order chi connectivity index (χ0) is 42.4. The van der Waals surface area contributed by atoms with Crippen molar-refractivity contribution in [3.05, 3.63) is 98.1 Å². The van der Waals surface area contributed by atoms with Crippen LogP contribution < -0.4 is 10.1 Å². The summed E-state index contributed by atoms with van der Waals surface area (Å²) in [5, 5.41) is 11.8. The molecule has 12 nitrogen and oxygen atoms in total. The molecule has 0 bridgehead atoms. The van der Waals surface area contributed by atoms with Gasteiger partial charge < -0.3 is 14.5 Å². The number of nitrogens with zero attached hydrogens (tertiary/aromatic N) is 4. The Hall–Kier alpha value is -5.98. The van der Waals surface area contributed by atoms with Crippen LogP contribution in [0.15, 0.2) is 48.5 Å². The molecule has 1 unspecified atom stereocenters. The van der Waals surface area contributed by atoms with E-state index in [1.807, 2.05) is 23.1 Å². The Morgan fingerprint density at radius 1 is 0.800 bits per heavy atom. The summed E-state index contributed by atoms with van der Waals surface area (Å²) in [6.07, 6.45) is 2.96. The van der Waals surface area contributed by atoms with Crippen LogP contribution in [-0.2, 0) is 34.0 Å². The summed E-state index contributed by atoms with van der Waals surface area (Å²) in [7, 11) is 0. The zero-order valence-electron chi connectivity index (χ0n) is 33.9. The molecular formula is C47H44ClN5O7. The van der Waals surface area contributed by atoms with Crippen molar-refractivity contribution in [2.45, 2.75) is 104 Å². The number of carbonyl (C=O) groups is 6. The molecule has 3 fully saturated rings. The maximum Gasteiger partial charge on any atom is 0.262 e. The summed E-state index contributed by atoms with van der Waals surface area (Å²) in [5.74, 6) is 5.28. The average Bonchev–Trinajstić information content (AvgIpc) is 3.85. The molecule has 4 aliphatic heterocycles. The lowest BCUT2D eigenvalue weighted by Gasteiger charge is -2.65. The molecule has 1 N–H and O–H groups in total. The smallest absolute Gasteiger partial charge is 0.262 e. The summed E-state index contributed by atoms with van der Waals surface area (Å²) in [6, 6.07) is 15.2. The van der Waals surface area contributed by atoms with E-state index in [4.69, 9.17) is 16.3 Å². The van der Waals surface area contributed by atoms with E-state index in [0.29, 0.717) is 54.4 Å². The van der Waals surface area contributed by atoms with Gasteiger partial charge in [0.15, 0.2) is 0 Å². The van der Waals surface area contributed by atoms with Crippen LogP contribution in [0.4, 0.5) is 0 Å². The standard InChI is InChI=1S/C47H44ClN5O7/c1-46(2)44(47(3,4)45(46)60-32-13-12-28(21-49)36(48)20-32)52-24-31-17-26(9-14-33(31)41(52)57)6-5-25-7-10-27(11-8-25)40(56)51-22-29-18-34-35(19-30(29)23-51)43(59)53(42(34)58)37-15-16-38(54)50-39(37)55/h9,12-14,17-20,25,27,37,44-45H,7-8,10-11,15-16,22-24H2,1-4H3,(H,50,54,55). The van der Waals surface area contributed by atoms with E-state index in [1.54, 1.807) is 35.2 Å². The first kappa shape index (κ1) is 39.5. The van der Waals surface area contributed by atoms with Gasteiger partial charge in [0.05, 0.1) is 21.7 Å². The Balaban J connectivity index is 0.795. The van der Waals surface area contributed by atoms with Crippen LogP contribution in [0.5, 0.6) is 5.75 Å². The highest BCUT2D eigenvalue weighted by atomic mass is 35.5. The number of hydrogen-bond donors (Lipinski definition) is 1. The average molecular weight is 826 g/mol. The van der Waals surface area contributed by atoms with Gasteiger partial charge in [-0.25, -0.2) is 0 Å². The van der Waals surface area contributed by atoms with E-state index in [1.165, 1.54) is 0 Å². The quantitative estimate of drug-likeness (QED) is 0.237. The van der Waals surface area contributed by atoms with Crippen molar-refractivity contribution < 1.29 is 33.5 Å². The third-order valence-electron chi connectivity index (χ3n) is 13.6. The molecule has 1 saturated heterocycles. The van der Waals surface area contributed by atoms with Crippen molar-refractivity contribution in [2.24, 2.45) is 22.7 Å². The monoisotopic (exact) mass is 825 g/mol. The number of halogens is 1. The molecule has 0 aromatic heterocycles. The van der Waals surface area contributed by atoms with Gasteiger partial charge in [-0.1, -0.05) is 51.1 Å². The van der Waals surface area contributed by atoms with Gasteiger partial charge in [0.2, 0.25) is 17.7 Å².